The van der Waals surface area contributed by atoms with Crippen LogP contribution in [0.25, 0.3) is 11.0 Å². The van der Waals surface area contributed by atoms with Gasteiger partial charge < -0.3 is 14.5 Å². The molecule has 0 amide bonds. The lowest BCUT2D eigenvalue weighted by atomic mass is 10.2. The monoisotopic (exact) mass is 324 g/mol. The van der Waals surface area contributed by atoms with Crippen molar-refractivity contribution >= 4 is 23.1 Å². The summed E-state index contributed by atoms with van der Waals surface area (Å²) in [6.45, 7) is 0. The number of rotatable bonds is 5. The van der Waals surface area contributed by atoms with E-state index in [0.29, 0.717) is 22.5 Å². The van der Waals surface area contributed by atoms with E-state index in [-0.39, 0.29) is 11.4 Å². The number of nitrogens with one attached hydrogen (secondary N) is 2. The first-order valence-corrected chi connectivity index (χ1v) is 7.21. The van der Waals surface area contributed by atoms with Crippen LogP contribution < -0.4 is 20.5 Å². The third-order valence-electron chi connectivity index (χ3n) is 3.39. The predicted molar refractivity (Wildman–Crippen MR) is 93.1 cm³/mol. The van der Waals surface area contributed by atoms with Crippen molar-refractivity contribution in [3.63, 3.8) is 0 Å². The van der Waals surface area contributed by atoms with Gasteiger partial charge in [-0.15, -0.1) is 0 Å². The Bertz CT molecular complexity index is 950. The summed E-state index contributed by atoms with van der Waals surface area (Å²) < 4.78 is 10.4. The highest BCUT2D eigenvalue weighted by Crippen LogP contribution is 2.26. The molecule has 0 fully saturated rings. The minimum atomic E-state index is -0.335. The molecule has 24 heavy (non-hydrogen) atoms. The van der Waals surface area contributed by atoms with Crippen molar-refractivity contribution < 1.29 is 9.47 Å². The number of hydrogen-bond acceptors (Lipinski definition) is 6. The van der Waals surface area contributed by atoms with Crippen LogP contribution in [0.2, 0.25) is 0 Å². The van der Waals surface area contributed by atoms with E-state index in [4.69, 9.17) is 9.47 Å². The third kappa shape index (κ3) is 3.19. The minimum absolute atomic E-state index is 0.130. The number of benzene rings is 2. The second-order valence-corrected chi connectivity index (χ2v) is 4.92. The Morgan fingerprint density at radius 2 is 1.92 bits per heavy atom. The molecule has 0 atom stereocenters. The molecule has 0 unspecified atom stereocenters. The molecule has 7 nitrogen and oxygen atoms in total. The van der Waals surface area contributed by atoms with Crippen LogP contribution in [0.4, 0.5) is 5.82 Å². The maximum Gasteiger partial charge on any atom is 0.293 e. The van der Waals surface area contributed by atoms with E-state index in [1.54, 1.807) is 38.6 Å². The Morgan fingerprint density at radius 3 is 2.71 bits per heavy atom. The summed E-state index contributed by atoms with van der Waals surface area (Å²) in [6.07, 6.45) is 1.57. The van der Waals surface area contributed by atoms with Crippen molar-refractivity contribution in [2.24, 2.45) is 5.10 Å². The van der Waals surface area contributed by atoms with E-state index in [0.717, 1.165) is 5.56 Å². The first kappa shape index (κ1) is 15.5. The van der Waals surface area contributed by atoms with Crippen LogP contribution in [-0.4, -0.2) is 30.4 Å². The van der Waals surface area contributed by atoms with E-state index in [1.807, 2.05) is 24.3 Å². The maximum atomic E-state index is 12.0. The number of para-hydroxylation sites is 2. The van der Waals surface area contributed by atoms with Gasteiger partial charge in [-0.1, -0.05) is 12.1 Å². The molecule has 0 aliphatic heterocycles. The predicted octanol–water partition coefficient (Wildman–Crippen LogP) is 2.39. The van der Waals surface area contributed by atoms with Crippen LogP contribution in [-0.2, 0) is 0 Å². The molecule has 0 saturated heterocycles. The molecule has 7 heteroatoms. The molecule has 0 bridgehead atoms. The zero-order valence-corrected chi connectivity index (χ0v) is 13.2. The Hall–Kier alpha value is -3.35. The van der Waals surface area contributed by atoms with Gasteiger partial charge in [0.1, 0.15) is 0 Å². The lowest BCUT2D eigenvalue weighted by Gasteiger charge is -2.07. The van der Waals surface area contributed by atoms with Crippen LogP contribution in [0.3, 0.4) is 0 Å². The molecule has 0 saturated carbocycles. The van der Waals surface area contributed by atoms with Crippen LogP contribution in [0, 0.1) is 0 Å². The molecule has 3 aromatic rings. The van der Waals surface area contributed by atoms with Gasteiger partial charge in [0.15, 0.2) is 11.5 Å². The first-order valence-electron chi connectivity index (χ1n) is 7.21. The highest BCUT2D eigenvalue weighted by Gasteiger charge is 2.04. The van der Waals surface area contributed by atoms with Crippen LogP contribution in [0.5, 0.6) is 11.5 Å². The lowest BCUT2D eigenvalue weighted by molar-refractivity contribution is 0.355. The molecule has 3 rings (SSSR count). The number of ether oxygens (including phenoxy) is 2. The van der Waals surface area contributed by atoms with E-state index in [9.17, 15) is 4.79 Å². The molecule has 1 heterocycles. The summed E-state index contributed by atoms with van der Waals surface area (Å²) in [5, 5.41) is 4.06. The number of nitrogens with zero attached hydrogens (tertiary/aromatic N) is 2. The van der Waals surface area contributed by atoms with E-state index in [2.05, 4.69) is 20.5 Å². The molecule has 0 radical (unpaired) electrons. The average Bonchev–Trinajstić information content (AvgIpc) is 2.62. The second kappa shape index (κ2) is 6.82. The number of anilines is 1. The van der Waals surface area contributed by atoms with Gasteiger partial charge in [0.25, 0.3) is 5.56 Å². The minimum Gasteiger partial charge on any atom is -0.493 e. The Kier molecular flexibility index (Phi) is 4.42. The molecule has 2 aromatic carbocycles. The van der Waals surface area contributed by atoms with Crippen molar-refractivity contribution in [2.45, 2.75) is 0 Å². The number of H-pyrrole nitrogens is 1. The Balaban J connectivity index is 1.81. The van der Waals surface area contributed by atoms with Gasteiger partial charge >= 0.3 is 0 Å². The van der Waals surface area contributed by atoms with E-state index >= 15 is 0 Å². The summed E-state index contributed by atoms with van der Waals surface area (Å²) in [6, 6.07) is 12.7. The van der Waals surface area contributed by atoms with Crippen molar-refractivity contribution in [1.29, 1.82) is 0 Å². The average molecular weight is 324 g/mol. The highest BCUT2D eigenvalue weighted by molar-refractivity contribution is 5.81. The molecule has 122 valence electrons. The standard InChI is InChI=1S/C17H16N4O3/c1-23-14-8-7-11(9-15(14)24-2)10-18-21-16-17(22)20-13-6-4-3-5-12(13)19-16/h3-10H,1-2H3,(H,19,21)(H,20,22). The van der Waals surface area contributed by atoms with Gasteiger partial charge in [0.2, 0.25) is 5.82 Å². The summed E-state index contributed by atoms with van der Waals surface area (Å²) in [5.41, 5.74) is 4.48. The quantitative estimate of drug-likeness (QED) is 0.556. The fourth-order valence-electron chi connectivity index (χ4n) is 2.21. The highest BCUT2D eigenvalue weighted by atomic mass is 16.5. The van der Waals surface area contributed by atoms with Gasteiger partial charge in [-0.25, -0.2) is 4.98 Å². The van der Waals surface area contributed by atoms with Gasteiger partial charge in [0, 0.05) is 0 Å². The molecular weight excluding hydrogens is 308 g/mol. The molecule has 0 aliphatic rings. The maximum absolute atomic E-state index is 12.0. The number of methoxy groups -OCH3 is 2. The molecule has 2 N–H and O–H groups in total. The van der Waals surface area contributed by atoms with Gasteiger partial charge in [-0.05, 0) is 35.9 Å². The van der Waals surface area contributed by atoms with E-state index < -0.39 is 0 Å². The largest absolute Gasteiger partial charge is 0.493 e. The lowest BCUT2D eigenvalue weighted by Crippen LogP contribution is -2.13. The normalized spacial score (nSPS) is 10.9. The smallest absolute Gasteiger partial charge is 0.293 e. The number of aromatic nitrogens is 2. The number of aromatic amines is 1. The van der Waals surface area contributed by atoms with Crippen molar-refractivity contribution in [1.82, 2.24) is 9.97 Å². The molecule has 0 spiro atoms. The van der Waals surface area contributed by atoms with Gasteiger partial charge in [0.05, 0.1) is 31.5 Å². The van der Waals surface area contributed by atoms with Crippen LogP contribution in [0.1, 0.15) is 5.56 Å². The number of hydrogen-bond donors (Lipinski definition) is 2. The summed E-state index contributed by atoms with van der Waals surface area (Å²) in [5.74, 6) is 1.36. The fourth-order valence-corrected chi connectivity index (χ4v) is 2.21. The summed E-state index contributed by atoms with van der Waals surface area (Å²) in [4.78, 5) is 19.0. The number of fused-ring (bicyclic) bond motifs is 1. The Morgan fingerprint density at radius 1 is 1.12 bits per heavy atom. The van der Waals surface area contributed by atoms with Gasteiger partial charge in [-0.2, -0.15) is 5.10 Å². The zero-order valence-electron chi connectivity index (χ0n) is 13.2. The SMILES string of the molecule is COc1ccc(C=NNc2nc3ccccc3[nH]c2=O)cc1OC. The summed E-state index contributed by atoms with van der Waals surface area (Å²) in [7, 11) is 3.14. The first-order chi connectivity index (χ1) is 11.7. The summed E-state index contributed by atoms with van der Waals surface area (Å²) >= 11 is 0. The van der Waals surface area contributed by atoms with Gasteiger partial charge in [-0.3, -0.25) is 10.2 Å². The van der Waals surface area contributed by atoms with E-state index in [1.165, 1.54) is 0 Å². The van der Waals surface area contributed by atoms with Crippen molar-refractivity contribution in [3.05, 3.63) is 58.4 Å². The molecule has 0 aliphatic carbocycles. The third-order valence-corrected chi connectivity index (χ3v) is 3.39. The molecular formula is C17H16N4O3. The fraction of sp³-hybridized carbons (Fsp3) is 0.118. The molecule has 1 aromatic heterocycles. The zero-order chi connectivity index (χ0) is 16.9. The Labute approximate surface area is 138 Å². The van der Waals surface area contributed by atoms with Crippen molar-refractivity contribution in [2.75, 3.05) is 19.6 Å². The topological polar surface area (TPSA) is 88.6 Å². The van der Waals surface area contributed by atoms with Crippen LogP contribution in [0.15, 0.2) is 52.4 Å². The van der Waals surface area contributed by atoms with Crippen LogP contribution >= 0.6 is 0 Å². The second-order valence-electron chi connectivity index (χ2n) is 4.92. The number of hydrazone groups is 1. The van der Waals surface area contributed by atoms with Crippen molar-refractivity contribution in [3.8, 4) is 11.5 Å².